The number of rotatable bonds is 2. The summed E-state index contributed by atoms with van der Waals surface area (Å²) in [7, 11) is 1.88. The Hall–Kier alpha value is -2.49. The van der Waals surface area contributed by atoms with Gasteiger partial charge in [0.15, 0.2) is 0 Å². The molecule has 2 heterocycles. The molecule has 0 amide bonds. The number of hydrogen-bond donors (Lipinski definition) is 1. The topological polar surface area (TPSA) is 50.7 Å². The molecular weight excluding hydrogens is 248 g/mol. The maximum Gasteiger partial charge on any atom is 0.132 e. The number of nitrogens with one attached hydrogen (secondary N) is 1. The lowest BCUT2D eigenvalue weighted by molar-refractivity contribution is 1.04. The first-order chi connectivity index (χ1) is 9.70. The molecule has 20 heavy (non-hydrogen) atoms. The Morgan fingerprint density at radius 3 is 2.70 bits per heavy atom. The van der Waals surface area contributed by atoms with Crippen LogP contribution in [0.5, 0.6) is 0 Å². The summed E-state index contributed by atoms with van der Waals surface area (Å²) in [6.45, 7) is 3.95. The monoisotopic (exact) mass is 264 g/mol. The molecule has 0 radical (unpaired) electrons. The molecule has 4 heteroatoms. The van der Waals surface area contributed by atoms with E-state index in [-0.39, 0.29) is 0 Å². The summed E-state index contributed by atoms with van der Waals surface area (Å²) in [5.74, 6) is 1.63. The Morgan fingerprint density at radius 1 is 1.05 bits per heavy atom. The van der Waals surface area contributed by atoms with E-state index in [1.165, 1.54) is 5.39 Å². The molecule has 3 rings (SSSR count). The van der Waals surface area contributed by atoms with Crippen molar-refractivity contribution in [2.24, 2.45) is 0 Å². The fraction of sp³-hybridized carbons (Fsp3) is 0.188. The van der Waals surface area contributed by atoms with Crippen LogP contribution in [0, 0.1) is 13.8 Å². The van der Waals surface area contributed by atoms with Crippen molar-refractivity contribution in [1.29, 1.82) is 0 Å². The van der Waals surface area contributed by atoms with Crippen molar-refractivity contribution in [2.75, 3.05) is 12.4 Å². The molecule has 1 aromatic carbocycles. The molecule has 4 nitrogen and oxygen atoms in total. The van der Waals surface area contributed by atoms with E-state index in [2.05, 4.69) is 32.4 Å². The van der Waals surface area contributed by atoms with E-state index in [9.17, 15) is 0 Å². The van der Waals surface area contributed by atoms with Crippen molar-refractivity contribution < 1.29 is 0 Å². The highest BCUT2D eigenvalue weighted by atomic mass is 15.0. The predicted octanol–water partition coefficient (Wildman–Crippen LogP) is 3.35. The summed E-state index contributed by atoms with van der Waals surface area (Å²) in [5, 5.41) is 5.40. The first-order valence-corrected chi connectivity index (χ1v) is 6.57. The quantitative estimate of drug-likeness (QED) is 0.771. The standard InChI is InChI=1S/C16H16N4/c1-10-15(19-11(2)20-16(10)17-3)13-6-4-5-12-7-8-18-9-14(12)13/h4-9H,1-3H3,(H,17,19,20). The minimum Gasteiger partial charge on any atom is -0.373 e. The van der Waals surface area contributed by atoms with Gasteiger partial charge in [0.1, 0.15) is 11.6 Å². The third-order valence-electron chi connectivity index (χ3n) is 3.43. The molecule has 0 aliphatic carbocycles. The Balaban J connectivity index is 2.34. The normalized spacial score (nSPS) is 10.8. The lowest BCUT2D eigenvalue weighted by Crippen LogP contribution is -2.03. The molecule has 0 saturated heterocycles. The van der Waals surface area contributed by atoms with Crippen molar-refractivity contribution >= 4 is 16.6 Å². The number of pyridine rings is 1. The van der Waals surface area contributed by atoms with Crippen molar-refractivity contribution in [3.05, 3.63) is 48.0 Å². The van der Waals surface area contributed by atoms with E-state index in [1.54, 1.807) is 0 Å². The number of fused-ring (bicyclic) bond motifs is 1. The second-order valence-corrected chi connectivity index (χ2v) is 4.75. The molecule has 0 saturated carbocycles. The highest BCUT2D eigenvalue weighted by Gasteiger charge is 2.12. The number of aryl methyl sites for hydroxylation is 1. The molecule has 2 aromatic heterocycles. The van der Waals surface area contributed by atoms with Crippen molar-refractivity contribution in [2.45, 2.75) is 13.8 Å². The number of anilines is 1. The van der Waals surface area contributed by atoms with Crippen molar-refractivity contribution in [3.63, 3.8) is 0 Å². The van der Waals surface area contributed by atoms with Gasteiger partial charge in [0.05, 0.1) is 5.69 Å². The van der Waals surface area contributed by atoms with Crippen LogP contribution in [0.2, 0.25) is 0 Å². The predicted molar refractivity (Wildman–Crippen MR) is 81.8 cm³/mol. The Bertz CT molecular complexity index is 775. The highest BCUT2D eigenvalue weighted by Crippen LogP contribution is 2.31. The van der Waals surface area contributed by atoms with Gasteiger partial charge in [0.25, 0.3) is 0 Å². The Kier molecular flexibility index (Phi) is 3.06. The fourth-order valence-electron chi connectivity index (χ4n) is 2.45. The van der Waals surface area contributed by atoms with Gasteiger partial charge in [-0.15, -0.1) is 0 Å². The summed E-state index contributed by atoms with van der Waals surface area (Å²) < 4.78 is 0. The third-order valence-corrected chi connectivity index (χ3v) is 3.43. The van der Waals surface area contributed by atoms with E-state index < -0.39 is 0 Å². The summed E-state index contributed by atoms with van der Waals surface area (Å²) >= 11 is 0. The minimum absolute atomic E-state index is 0.760. The van der Waals surface area contributed by atoms with Gasteiger partial charge in [-0.05, 0) is 25.3 Å². The average Bonchev–Trinajstić information content (AvgIpc) is 2.48. The highest BCUT2D eigenvalue weighted by molar-refractivity contribution is 5.96. The molecule has 3 aromatic rings. The van der Waals surface area contributed by atoms with E-state index in [0.717, 1.165) is 33.8 Å². The summed E-state index contributed by atoms with van der Waals surface area (Å²) in [6.07, 6.45) is 3.70. The van der Waals surface area contributed by atoms with Gasteiger partial charge in [-0.1, -0.05) is 18.2 Å². The van der Waals surface area contributed by atoms with Crippen LogP contribution in [-0.2, 0) is 0 Å². The largest absolute Gasteiger partial charge is 0.373 e. The maximum absolute atomic E-state index is 4.62. The van der Waals surface area contributed by atoms with E-state index in [1.807, 2.05) is 45.4 Å². The van der Waals surface area contributed by atoms with Crippen LogP contribution in [0.15, 0.2) is 36.7 Å². The lowest BCUT2D eigenvalue weighted by atomic mass is 10.0. The summed E-state index contributed by atoms with van der Waals surface area (Å²) in [6, 6.07) is 8.23. The first-order valence-electron chi connectivity index (χ1n) is 6.57. The molecule has 0 aliphatic rings. The first kappa shape index (κ1) is 12.5. The van der Waals surface area contributed by atoms with Gasteiger partial charge >= 0.3 is 0 Å². The molecule has 1 N–H and O–H groups in total. The molecule has 0 spiro atoms. The van der Waals surface area contributed by atoms with Crippen LogP contribution in [0.3, 0.4) is 0 Å². The molecule has 0 bridgehead atoms. The minimum atomic E-state index is 0.760. The second-order valence-electron chi connectivity index (χ2n) is 4.75. The van der Waals surface area contributed by atoms with Crippen LogP contribution >= 0.6 is 0 Å². The van der Waals surface area contributed by atoms with Crippen LogP contribution in [0.4, 0.5) is 5.82 Å². The van der Waals surface area contributed by atoms with Gasteiger partial charge in [-0.3, -0.25) is 4.98 Å². The fourth-order valence-corrected chi connectivity index (χ4v) is 2.45. The zero-order valence-corrected chi connectivity index (χ0v) is 11.8. The van der Waals surface area contributed by atoms with E-state index in [0.29, 0.717) is 0 Å². The molecule has 0 fully saturated rings. The Labute approximate surface area is 117 Å². The SMILES string of the molecule is CNc1nc(C)nc(-c2cccc3ccncc23)c1C. The number of benzene rings is 1. The maximum atomic E-state index is 4.62. The van der Waals surface area contributed by atoms with Crippen molar-refractivity contribution in [3.8, 4) is 11.3 Å². The molecule has 100 valence electrons. The third kappa shape index (κ3) is 1.99. The van der Waals surface area contributed by atoms with Gasteiger partial charge in [0.2, 0.25) is 0 Å². The van der Waals surface area contributed by atoms with Crippen LogP contribution in [0.1, 0.15) is 11.4 Å². The van der Waals surface area contributed by atoms with Gasteiger partial charge in [-0.2, -0.15) is 0 Å². The molecule has 0 unspecified atom stereocenters. The molecule has 0 aliphatic heterocycles. The summed E-state index contributed by atoms with van der Waals surface area (Å²) in [4.78, 5) is 13.3. The number of nitrogens with zero attached hydrogens (tertiary/aromatic N) is 3. The smallest absolute Gasteiger partial charge is 0.132 e. The number of hydrogen-bond acceptors (Lipinski definition) is 4. The molecular formula is C16H16N4. The number of aromatic nitrogens is 3. The average molecular weight is 264 g/mol. The van der Waals surface area contributed by atoms with Gasteiger partial charge in [-0.25, -0.2) is 9.97 Å². The van der Waals surface area contributed by atoms with Crippen LogP contribution in [0.25, 0.3) is 22.0 Å². The zero-order valence-electron chi connectivity index (χ0n) is 11.8. The van der Waals surface area contributed by atoms with Crippen LogP contribution < -0.4 is 5.32 Å². The second kappa shape index (κ2) is 4.89. The zero-order chi connectivity index (χ0) is 14.1. The van der Waals surface area contributed by atoms with E-state index in [4.69, 9.17) is 0 Å². The molecule has 0 atom stereocenters. The Morgan fingerprint density at radius 2 is 1.90 bits per heavy atom. The lowest BCUT2D eigenvalue weighted by Gasteiger charge is -2.12. The van der Waals surface area contributed by atoms with Crippen molar-refractivity contribution in [1.82, 2.24) is 15.0 Å². The van der Waals surface area contributed by atoms with E-state index >= 15 is 0 Å². The van der Waals surface area contributed by atoms with Gasteiger partial charge in [0, 0.05) is 36.0 Å². The summed E-state index contributed by atoms with van der Waals surface area (Å²) in [5.41, 5.74) is 3.10. The van der Waals surface area contributed by atoms with Crippen LogP contribution in [-0.4, -0.2) is 22.0 Å². The van der Waals surface area contributed by atoms with Gasteiger partial charge < -0.3 is 5.32 Å².